The van der Waals surface area contributed by atoms with Crippen LogP contribution in [0, 0.1) is 10.1 Å². The van der Waals surface area contributed by atoms with Crippen LogP contribution < -0.4 is 11.3 Å². The zero-order chi connectivity index (χ0) is 13.8. The van der Waals surface area contributed by atoms with E-state index in [2.05, 4.69) is 10.5 Å². The number of benzene rings is 1. The molecule has 1 aromatic carbocycles. The molecule has 0 aliphatic heterocycles. The van der Waals surface area contributed by atoms with Crippen molar-refractivity contribution in [3.8, 4) is 0 Å². The maximum Gasteiger partial charge on any atom is 0.293 e. The van der Waals surface area contributed by atoms with Gasteiger partial charge in [-0.1, -0.05) is 6.07 Å². The number of thioether (sulfide) groups is 1. The molecule has 3 N–H and O–H groups in total. The Labute approximate surface area is 113 Å². The van der Waals surface area contributed by atoms with Crippen molar-refractivity contribution in [3.63, 3.8) is 0 Å². The van der Waals surface area contributed by atoms with Crippen molar-refractivity contribution in [2.24, 2.45) is 12.9 Å². The number of aryl methyl sites for hydroxylation is 1. The molecular formula is C11H13N5O2S. The number of aromatic nitrogens is 2. The molecule has 0 bridgehead atoms. The Morgan fingerprint density at radius 3 is 2.95 bits per heavy atom. The average molecular weight is 279 g/mol. The smallest absolute Gasteiger partial charge is 0.293 e. The van der Waals surface area contributed by atoms with Crippen molar-refractivity contribution in [3.05, 3.63) is 46.3 Å². The molecule has 0 saturated carbocycles. The fraction of sp³-hybridized carbons (Fsp3) is 0.182. The van der Waals surface area contributed by atoms with E-state index < -0.39 is 4.92 Å². The van der Waals surface area contributed by atoms with Crippen LogP contribution in [0.5, 0.6) is 0 Å². The van der Waals surface area contributed by atoms with E-state index in [0.29, 0.717) is 11.4 Å². The third kappa shape index (κ3) is 3.24. The maximum atomic E-state index is 10.9. The van der Waals surface area contributed by atoms with Crippen molar-refractivity contribution in [1.82, 2.24) is 9.78 Å². The van der Waals surface area contributed by atoms with Gasteiger partial charge in [-0.25, -0.2) is 0 Å². The maximum absolute atomic E-state index is 10.9. The first-order valence-corrected chi connectivity index (χ1v) is 6.44. The molecule has 0 atom stereocenters. The largest absolute Gasteiger partial charge is 0.318 e. The highest BCUT2D eigenvalue weighted by atomic mass is 32.2. The van der Waals surface area contributed by atoms with Gasteiger partial charge in [0.15, 0.2) is 0 Å². The molecular weight excluding hydrogens is 266 g/mol. The van der Waals surface area contributed by atoms with Gasteiger partial charge in [-0.2, -0.15) is 5.10 Å². The number of nitrogens with two attached hydrogens (primary N) is 1. The lowest BCUT2D eigenvalue weighted by Gasteiger charge is -2.04. The molecule has 100 valence electrons. The molecule has 1 aromatic heterocycles. The number of anilines is 1. The van der Waals surface area contributed by atoms with Gasteiger partial charge in [-0.15, -0.1) is 11.8 Å². The van der Waals surface area contributed by atoms with E-state index in [9.17, 15) is 10.1 Å². The first-order valence-electron chi connectivity index (χ1n) is 5.45. The van der Waals surface area contributed by atoms with E-state index in [-0.39, 0.29) is 5.69 Å². The third-order valence-electron chi connectivity index (χ3n) is 2.50. The van der Waals surface area contributed by atoms with Crippen LogP contribution in [0.15, 0.2) is 35.5 Å². The SMILES string of the molecule is Cn1cc(SCc2ccc(NN)c([N+](=O)[O-])c2)cn1. The van der Waals surface area contributed by atoms with Gasteiger partial charge in [0.25, 0.3) is 5.69 Å². The number of hydrogen-bond donors (Lipinski definition) is 2. The first kappa shape index (κ1) is 13.4. The zero-order valence-corrected chi connectivity index (χ0v) is 11.1. The first-order chi connectivity index (χ1) is 9.10. The summed E-state index contributed by atoms with van der Waals surface area (Å²) < 4.78 is 1.71. The molecule has 0 aliphatic rings. The number of hydrogen-bond acceptors (Lipinski definition) is 6. The van der Waals surface area contributed by atoms with E-state index in [0.717, 1.165) is 10.5 Å². The molecule has 0 unspecified atom stereocenters. The van der Waals surface area contributed by atoms with Gasteiger partial charge in [0, 0.05) is 30.0 Å². The van der Waals surface area contributed by atoms with Crippen molar-refractivity contribution in [2.75, 3.05) is 5.43 Å². The fourth-order valence-corrected chi connectivity index (χ4v) is 2.44. The summed E-state index contributed by atoms with van der Waals surface area (Å²) >= 11 is 1.57. The molecule has 0 saturated heterocycles. The summed E-state index contributed by atoms with van der Waals surface area (Å²) in [6.45, 7) is 0. The minimum absolute atomic E-state index is 0.0215. The van der Waals surface area contributed by atoms with Gasteiger partial charge in [0.1, 0.15) is 5.69 Å². The van der Waals surface area contributed by atoms with Crippen LogP contribution in [0.3, 0.4) is 0 Å². The van der Waals surface area contributed by atoms with Crippen LogP contribution in [-0.2, 0) is 12.8 Å². The topological polar surface area (TPSA) is 99.0 Å². The third-order valence-corrected chi connectivity index (χ3v) is 3.52. The number of rotatable bonds is 5. The predicted octanol–water partition coefficient (Wildman–Crippen LogP) is 1.91. The summed E-state index contributed by atoms with van der Waals surface area (Å²) in [5.74, 6) is 5.87. The highest BCUT2D eigenvalue weighted by Gasteiger charge is 2.13. The number of nitrogen functional groups attached to an aromatic ring is 1. The van der Waals surface area contributed by atoms with Crippen LogP contribution >= 0.6 is 11.8 Å². The van der Waals surface area contributed by atoms with Crippen molar-refractivity contribution in [2.45, 2.75) is 10.6 Å². The van der Waals surface area contributed by atoms with Crippen molar-refractivity contribution >= 4 is 23.1 Å². The Morgan fingerprint density at radius 1 is 1.58 bits per heavy atom. The van der Waals surface area contributed by atoms with Gasteiger partial charge in [0.05, 0.1) is 11.1 Å². The standard InChI is InChI=1S/C11H13N5O2S/c1-15-6-9(5-13-15)19-7-8-2-3-10(14-12)11(4-8)16(17)18/h2-6,14H,7,12H2,1H3. The van der Waals surface area contributed by atoms with E-state index >= 15 is 0 Å². The summed E-state index contributed by atoms with van der Waals surface area (Å²) in [6.07, 6.45) is 3.66. The summed E-state index contributed by atoms with van der Waals surface area (Å²) in [4.78, 5) is 11.5. The van der Waals surface area contributed by atoms with Crippen molar-refractivity contribution in [1.29, 1.82) is 0 Å². The second kappa shape index (κ2) is 5.72. The van der Waals surface area contributed by atoms with E-state index in [1.165, 1.54) is 6.07 Å². The average Bonchev–Trinajstić information content (AvgIpc) is 2.81. The van der Waals surface area contributed by atoms with Crippen LogP contribution in [0.25, 0.3) is 0 Å². The monoisotopic (exact) mass is 279 g/mol. The number of nitrogens with zero attached hydrogens (tertiary/aromatic N) is 3. The summed E-state index contributed by atoms with van der Waals surface area (Å²) in [6, 6.07) is 4.95. The number of nitro groups is 1. The van der Waals surface area contributed by atoms with Crippen LogP contribution in [0.2, 0.25) is 0 Å². The number of nitro benzene ring substituents is 1. The molecule has 2 aromatic rings. The molecule has 0 fully saturated rings. The zero-order valence-electron chi connectivity index (χ0n) is 10.2. The van der Waals surface area contributed by atoms with Gasteiger partial charge in [-0.3, -0.25) is 20.6 Å². The highest BCUT2D eigenvalue weighted by Crippen LogP contribution is 2.28. The summed E-state index contributed by atoms with van der Waals surface area (Å²) in [5.41, 5.74) is 3.46. The molecule has 0 spiro atoms. The molecule has 8 heteroatoms. The minimum Gasteiger partial charge on any atom is -0.318 e. The fourth-order valence-electron chi connectivity index (χ4n) is 1.58. The van der Waals surface area contributed by atoms with E-state index in [1.54, 1.807) is 28.7 Å². The van der Waals surface area contributed by atoms with Gasteiger partial charge in [-0.05, 0) is 11.6 Å². The Morgan fingerprint density at radius 2 is 2.37 bits per heavy atom. The molecule has 2 rings (SSSR count). The second-order valence-corrected chi connectivity index (χ2v) is 4.94. The Kier molecular flexibility index (Phi) is 4.03. The summed E-state index contributed by atoms with van der Waals surface area (Å²) in [5, 5.41) is 15.0. The molecule has 19 heavy (non-hydrogen) atoms. The number of nitrogens with one attached hydrogen (secondary N) is 1. The molecule has 7 nitrogen and oxygen atoms in total. The van der Waals surface area contributed by atoms with Gasteiger partial charge < -0.3 is 5.43 Å². The van der Waals surface area contributed by atoms with E-state index in [4.69, 9.17) is 5.84 Å². The lowest BCUT2D eigenvalue weighted by Crippen LogP contribution is -2.09. The Bertz CT molecular complexity index is 599. The molecule has 0 aliphatic carbocycles. The highest BCUT2D eigenvalue weighted by molar-refractivity contribution is 7.98. The lowest BCUT2D eigenvalue weighted by molar-refractivity contribution is -0.384. The van der Waals surface area contributed by atoms with Gasteiger partial charge >= 0.3 is 0 Å². The van der Waals surface area contributed by atoms with Crippen LogP contribution in [0.4, 0.5) is 11.4 Å². The summed E-state index contributed by atoms with van der Waals surface area (Å²) in [7, 11) is 1.84. The normalized spacial score (nSPS) is 10.4. The van der Waals surface area contributed by atoms with Crippen LogP contribution in [-0.4, -0.2) is 14.7 Å². The van der Waals surface area contributed by atoms with Gasteiger partial charge in [0.2, 0.25) is 0 Å². The number of hydrazine groups is 1. The van der Waals surface area contributed by atoms with E-state index in [1.807, 2.05) is 19.3 Å². The molecule has 0 radical (unpaired) electrons. The molecule has 0 amide bonds. The van der Waals surface area contributed by atoms with Crippen LogP contribution in [0.1, 0.15) is 5.56 Å². The Hall–Kier alpha value is -2.06. The quantitative estimate of drug-likeness (QED) is 0.375. The minimum atomic E-state index is -0.451. The Balaban J connectivity index is 2.12. The molecule has 1 heterocycles. The lowest BCUT2D eigenvalue weighted by atomic mass is 10.2. The van der Waals surface area contributed by atoms with Crippen molar-refractivity contribution < 1.29 is 4.92 Å². The predicted molar refractivity (Wildman–Crippen MR) is 73.7 cm³/mol. The second-order valence-electron chi connectivity index (χ2n) is 3.89.